The molecule has 0 saturated carbocycles. The van der Waals surface area contributed by atoms with Gasteiger partial charge >= 0.3 is 0 Å². The Hall–Kier alpha value is -2.41. The molecule has 0 aromatic carbocycles. The number of hydrogen-bond donors (Lipinski definition) is 1. The fourth-order valence-corrected chi connectivity index (χ4v) is 4.62. The molecule has 0 radical (unpaired) electrons. The Bertz CT molecular complexity index is 840. The first-order chi connectivity index (χ1) is 13.5. The Morgan fingerprint density at radius 3 is 2.79 bits per heavy atom. The molecule has 1 N–H and O–H groups in total. The zero-order valence-electron chi connectivity index (χ0n) is 17.1. The fraction of sp³-hybridized carbons (Fsp3) is 0.571. The first-order valence-electron chi connectivity index (χ1n) is 10.2. The van der Waals surface area contributed by atoms with E-state index in [2.05, 4.69) is 34.9 Å². The van der Waals surface area contributed by atoms with Gasteiger partial charge in [0.1, 0.15) is 6.04 Å². The Labute approximate surface area is 166 Å². The number of carbonyl (C=O) groups is 1. The summed E-state index contributed by atoms with van der Waals surface area (Å²) in [4.78, 5) is 25.6. The molecule has 0 aliphatic carbocycles. The number of H-pyrrole nitrogens is 1. The van der Waals surface area contributed by atoms with Gasteiger partial charge in [0.15, 0.2) is 0 Å². The van der Waals surface area contributed by atoms with Gasteiger partial charge in [0.05, 0.1) is 17.6 Å². The summed E-state index contributed by atoms with van der Waals surface area (Å²) in [6.07, 6.45) is 10.5. The van der Waals surface area contributed by atoms with E-state index in [1.54, 1.807) is 10.9 Å². The number of piperidine rings is 1. The normalized spacial score (nSPS) is 20.0. The summed E-state index contributed by atoms with van der Waals surface area (Å²) in [6, 6.07) is 1.59. The molecule has 1 saturated heterocycles. The maximum Gasteiger partial charge on any atom is 0.247 e. The van der Waals surface area contributed by atoms with Crippen LogP contribution >= 0.6 is 0 Å². The van der Waals surface area contributed by atoms with E-state index in [1.165, 1.54) is 17.0 Å². The third kappa shape index (κ3) is 3.28. The molecule has 1 fully saturated rings. The number of hydrogen-bond acceptors (Lipinski definition) is 4. The lowest BCUT2D eigenvalue weighted by atomic mass is 9.78. The minimum absolute atomic E-state index is 0.0781. The number of allylic oxidation sites excluding steroid dienone is 1. The number of rotatable bonds is 4. The molecule has 2 aromatic heterocycles. The highest BCUT2D eigenvalue weighted by Crippen LogP contribution is 2.42. The Morgan fingerprint density at radius 1 is 1.32 bits per heavy atom. The van der Waals surface area contributed by atoms with E-state index >= 15 is 0 Å². The number of amides is 1. The standard InChI is InChI=1S/C21H30N6O/c1-16(2)5-11-26-12-6-18-19(23-15-22-18)21(26)7-13-25(14-8-21)20(28)17(3)27-10-4-9-24-27/h4-5,9-10,15,17H,6-8,11-14H2,1-3H3,(H,22,23)/t17-/m0/s1. The zero-order chi connectivity index (χ0) is 19.7. The molecule has 0 unspecified atom stereocenters. The van der Waals surface area contributed by atoms with Gasteiger partial charge in [-0.05, 0) is 39.7 Å². The lowest BCUT2D eigenvalue weighted by Crippen LogP contribution is -2.57. The summed E-state index contributed by atoms with van der Waals surface area (Å²) in [5, 5.41) is 4.23. The SMILES string of the molecule is CC(C)=CCN1CCc2[nH]cnc2C12CCN(C(=O)[C@H](C)n1cccn1)CC2. The van der Waals surface area contributed by atoms with Gasteiger partial charge in [0.25, 0.3) is 0 Å². The van der Waals surface area contributed by atoms with Crippen molar-refractivity contribution >= 4 is 5.91 Å². The third-order valence-electron chi connectivity index (χ3n) is 6.30. The molecule has 1 atom stereocenters. The van der Waals surface area contributed by atoms with E-state index in [9.17, 15) is 4.79 Å². The van der Waals surface area contributed by atoms with E-state index in [4.69, 9.17) is 4.98 Å². The summed E-state index contributed by atoms with van der Waals surface area (Å²) in [5.74, 6) is 0.146. The number of carbonyl (C=O) groups excluding carboxylic acids is 1. The van der Waals surface area contributed by atoms with Crippen molar-refractivity contribution in [1.29, 1.82) is 0 Å². The number of imidazole rings is 1. The van der Waals surface area contributed by atoms with Crippen molar-refractivity contribution in [2.24, 2.45) is 0 Å². The number of fused-ring (bicyclic) bond motifs is 2. The molecule has 1 spiro atoms. The Morgan fingerprint density at radius 2 is 2.11 bits per heavy atom. The molecule has 28 heavy (non-hydrogen) atoms. The average Bonchev–Trinajstić information content (AvgIpc) is 3.39. The molecular formula is C21H30N6O. The molecule has 4 heterocycles. The lowest BCUT2D eigenvalue weighted by Gasteiger charge is -2.50. The van der Waals surface area contributed by atoms with E-state index in [1.807, 2.05) is 30.4 Å². The second kappa shape index (κ2) is 7.54. The number of nitrogens with one attached hydrogen (secondary N) is 1. The molecule has 1 amide bonds. The van der Waals surface area contributed by atoms with Gasteiger partial charge in [-0.3, -0.25) is 14.4 Å². The van der Waals surface area contributed by atoms with E-state index in [0.717, 1.165) is 45.4 Å². The largest absolute Gasteiger partial charge is 0.348 e. The van der Waals surface area contributed by atoms with Crippen molar-refractivity contribution in [1.82, 2.24) is 29.5 Å². The first-order valence-corrected chi connectivity index (χ1v) is 10.2. The van der Waals surface area contributed by atoms with E-state index in [-0.39, 0.29) is 17.5 Å². The smallest absolute Gasteiger partial charge is 0.247 e. The van der Waals surface area contributed by atoms with Crippen LogP contribution in [0.3, 0.4) is 0 Å². The van der Waals surface area contributed by atoms with Crippen LogP contribution in [0.1, 0.15) is 51.0 Å². The summed E-state index contributed by atoms with van der Waals surface area (Å²) >= 11 is 0. The minimum atomic E-state index is -0.266. The lowest BCUT2D eigenvalue weighted by molar-refractivity contribution is -0.137. The van der Waals surface area contributed by atoms with Gasteiger partial charge in [-0.25, -0.2) is 4.98 Å². The number of likely N-dealkylation sites (tertiary alicyclic amines) is 1. The Kier molecular flexibility index (Phi) is 5.10. The van der Waals surface area contributed by atoms with Crippen LogP contribution < -0.4 is 0 Å². The van der Waals surface area contributed by atoms with Crippen molar-refractivity contribution in [3.05, 3.63) is 47.8 Å². The van der Waals surface area contributed by atoms with Crippen LogP contribution in [0.2, 0.25) is 0 Å². The molecule has 4 rings (SSSR count). The van der Waals surface area contributed by atoms with Crippen molar-refractivity contribution in [3.63, 3.8) is 0 Å². The molecule has 2 aromatic rings. The quantitative estimate of drug-likeness (QED) is 0.825. The fourth-order valence-electron chi connectivity index (χ4n) is 4.62. The highest BCUT2D eigenvalue weighted by atomic mass is 16.2. The maximum atomic E-state index is 13.0. The zero-order valence-corrected chi connectivity index (χ0v) is 17.1. The van der Waals surface area contributed by atoms with Gasteiger partial charge in [0, 0.05) is 50.7 Å². The molecule has 2 aliphatic heterocycles. The highest BCUT2D eigenvalue weighted by Gasteiger charge is 2.47. The Balaban J connectivity index is 1.53. The summed E-state index contributed by atoms with van der Waals surface area (Å²) < 4.78 is 1.74. The van der Waals surface area contributed by atoms with Gasteiger partial charge in [0.2, 0.25) is 5.91 Å². The van der Waals surface area contributed by atoms with Crippen LogP contribution in [0.5, 0.6) is 0 Å². The topological polar surface area (TPSA) is 70.1 Å². The van der Waals surface area contributed by atoms with E-state index in [0.29, 0.717) is 0 Å². The molecule has 7 nitrogen and oxygen atoms in total. The van der Waals surface area contributed by atoms with Crippen LogP contribution in [0.4, 0.5) is 0 Å². The van der Waals surface area contributed by atoms with Crippen LogP contribution in [0, 0.1) is 0 Å². The molecule has 0 bridgehead atoms. The monoisotopic (exact) mass is 382 g/mol. The molecule has 2 aliphatic rings. The summed E-state index contributed by atoms with van der Waals surface area (Å²) in [6.45, 7) is 9.68. The van der Waals surface area contributed by atoms with Crippen molar-refractivity contribution in [2.75, 3.05) is 26.2 Å². The van der Waals surface area contributed by atoms with Crippen molar-refractivity contribution in [3.8, 4) is 0 Å². The average molecular weight is 383 g/mol. The summed E-state index contributed by atoms with van der Waals surface area (Å²) in [7, 11) is 0. The van der Waals surface area contributed by atoms with Crippen molar-refractivity contribution in [2.45, 2.75) is 51.6 Å². The maximum absolute atomic E-state index is 13.0. The first kappa shape index (κ1) is 18.9. The predicted octanol–water partition coefficient (Wildman–Crippen LogP) is 2.51. The second-order valence-corrected chi connectivity index (χ2v) is 8.23. The van der Waals surface area contributed by atoms with Crippen LogP contribution in [-0.2, 0) is 16.8 Å². The van der Waals surface area contributed by atoms with Gasteiger partial charge < -0.3 is 9.88 Å². The number of aromatic amines is 1. The second-order valence-electron chi connectivity index (χ2n) is 8.23. The third-order valence-corrected chi connectivity index (χ3v) is 6.30. The molecule has 150 valence electrons. The predicted molar refractivity (Wildman–Crippen MR) is 108 cm³/mol. The van der Waals surface area contributed by atoms with Crippen molar-refractivity contribution < 1.29 is 4.79 Å². The minimum Gasteiger partial charge on any atom is -0.348 e. The van der Waals surface area contributed by atoms with Gasteiger partial charge in [-0.15, -0.1) is 0 Å². The molecular weight excluding hydrogens is 352 g/mol. The summed E-state index contributed by atoms with van der Waals surface area (Å²) in [5.41, 5.74) is 3.71. The number of aromatic nitrogens is 4. The van der Waals surface area contributed by atoms with Gasteiger partial charge in [-0.2, -0.15) is 5.10 Å². The van der Waals surface area contributed by atoms with Crippen LogP contribution in [-0.4, -0.2) is 61.6 Å². The molecule has 7 heteroatoms. The van der Waals surface area contributed by atoms with Crippen LogP contribution in [0.25, 0.3) is 0 Å². The van der Waals surface area contributed by atoms with E-state index < -0.39 is 0 Å². The highest BCUT2D eigenvalue weighted by molar-refractivity contribution is 5.80. The van der Waals surface area contributed by atoms with Gasteiger partial charge in [-0.1, -0.05) is 11.6 Å². The number of nitrogens with zero attached hydrogens (tertiary/aromatic N) is 5. The van der Waals surface area contributed by atoms with Crippen LogP contribution in [0.15, 0.2) is 36.4 Å².